The van der Waals surface area contributed by atoms with Crippen molar-refractivity contribution in [2.45, 2.75) is 22.0 Å². The van der Waals surface area contributed by atoms with E-state index in [4.69, 9.17) is 4.74 Å². The highest BCUT2D eigenvalue weighted by Crippen LogP contribution is 2.67. The highest BCUT2D eigenvalue weighted by Gasteiger charge is 2.72. The van der Waals surface area contributed by atoms with Crippen molar-refractivity contribution in [1.82, 2.24) is 0 Å². The number of hydrogen-bond donors (Lipinski definition) is 0. The summed E-state index contributed by atoms with van der Waals surface area (Å²) >= 11 is 7.07. The van der Waals surface area contributed by atoms with Crippen LogP contribution in [0.4, 0.5) is 0 Å². The zero-order valence-electron chi connectivity index (χ0n) is 8.87. The van der Waals surface area contributed by atoms with Gasteiger partial charge in [-0.2, -0.15) is 0 Å². The standard InChI is InChI=1S/C12H12Br2O2/c1-2-16-10(15)11(8-12(11,13)14)9-6-4-3-5-7-9/h3-7H,2,8H2,1H3/t11-/m1/s1. The second-order valence-electron chi connectivity index (χ2n) is 3.87. The molecule has 0 unspecified atom stereocenters. The Hall–Kier alpha value is -0.350. The quantitative estimate of drug-likeness (QED) is 0.619. The number of rotatable bonds is 3. The van der Waals surface area contributed by atoms with Crippen LogP contribution in [0.25, 0.3) is 0 Å². The summed E-state index contributed by atoms with van der Waals surface area (Å²) in [6, 6.07) is 9.73. The molecule has 16 heavy (non-hydrogen) atoms. The first-order valence-electron chi connectivity index (χ1n) is 5.15. The summed E-state index contributed by atoms with van der Waals surface area (Å²) in [4.78, 5) is 12.1. The maximum atomic E-state index is 12.1. The average Bonchev–Trinajstić information content (AvgIpc) is 2.85. The number of esters is 1. The van der Waals surface area contributed by atoms with Crippen LogP contribution in [0, 0.1) is 0 Å². The third-order valence-corrected chi connectivity index (χ3v) is 4.79. The highest BCUT2D eigenvalue weighted by atomic mass is 79.9. The first-order valence-corrected chi connectivity index (χ1v) is 6.74. The average molecular weight is 348 g/mol. The Morgan fingerprint density at radius 2 is 1.94 bits per heavy atom. The molecule has 0 saturated heterocycles. The number of ether oxygens (including phenoxy) is 1. The lowest BCUT2D eigenvalue weighted by Gasteiger charge is -2.17. The fourth-order valence-electron chi connectivity index (χ4n) is 1.92. The molecule has 0 aliphatic heterocycles. The minimum absolute atomic E-state index is 0.171. The molecule has 1 aromatic rings. The monoisotopic (exact) mass is 346 g/mol. The van der Waals surface area contributed by atoms with Gasteiger partial charge in [0, 0.05) is 0 Å². The lowest BCUT2D eigenvalue weighted by molar-refractivity contribution is -0.146. The van der Waals surface area contributed by atoms with Crippen molar-refractivity contribution in [3.8, 4) is 0 Å². The Labute approximate surface area is 112 Å². The van der Waals surface area contributed by atoms with Gasteiger partial charge in [-0.25, -0.2) is 0 Å². The molecule has 0 aromatic heterocycles. The summed E-state index contributed by atoms with van der Waals surface area (Å²) in [6.45, 7) is 2.23. The second kappa shape index (κ2) is 4.15. The van der Waals surface area contributed by atoms with Gasteiger partial charge < -0.3 is 4.74 Å². The largest absolute Gasteiger partial charge is 0.465 e. The first kappa shape index (κ1) is 12.1. The molecule has 0 radical (unpaired) electrons. The molecule has 0 N–H and O–H groups in total. The second-order valence-corrected chi connectivity index (χ2v) is 7.64. The van der Waals surface area contributed by atoms with E-state index in [0.29, 0.717) is 13.0 Å². The van der Waals surface area contributed by atoms with Crippen LogP contribution in [0.5, 0.6) is 0 Å². The van der Waals surface area contributed by atoms with E-state index in [0.717, 1.165) is 5.56 Å². The number of halogens is 2. The number of hydrogen-bond acceptors (Lipinski definition) is 2. The van der Waals surface area contributed by atoms with Crippen molar-refractivity contribution >= 4 is 37.8 Å². The summed E-state index contributed by atoms with van der Waals surface area (Å²) in [7, 11) is 0. The Bertz CT molecular complexity index is 403. The number of carbonyl (C=O) groups excluding carboxylic acids is 1. The molecule has 1 aromatic carbocycles. The van der Waals surface area contributed by atoms with Crippen molar-refractivity contribution in [1.29, 1.82) is 0 Å². The van der Waals surface area contributed by atoms with Crippen LogP contribution in [0.2, 0.25) is 0 Å². The molecule has 0 amide bonds. The maximum absolute atomic E-state index is 12.1. The molecule has 86 valence electrons. The molecular formula is C12H12Br2O2. The van der Waals surface area contributed by atoms with Gasteiger partial charge in [0.2, 0.25) is 0 Å². The van der Waals surface area contributed by atoms with E-state index in [1.54, 1.807) is 0 Å². The van der Waals surface area contributed by atoms with Crippen LogP contribution in [-0.2, 0) is 14.9 Å². The van der Waals surface area contributed by atoms with Gasteiger partial charge in [0.15, 0.2) is 0 Å². The Kier molecular flexibility index (Phi) is 3.14. The smallest absolute Gasteiger partial charge is 0.318 e. The van der Waals surface area contributed by atoms with Crippen molar-refractivity contribution in [2.75, 3.05) is 6.61 Å². The van der Waals surface area contributed by atoms with Gasteiger partial charge in [-0.3, -0.25) is 4.79 Å². The van der Waals surface area contributed by atoms with Gasteiger partial charge >= 0.3 is 5.97 Å². The minimum atomic E-state index is -0.579. The summed E-state index contributed by atoms with van der Waals surface area (Å²) in [5.41, 5.74) is 0.409. The Balaban J connectivity index is 2.37. The van der Waals surface area contributed by atoms with E-state index < -0.39 is 5.41 Å². The van der Waals surface area contributed by atoms with Crippen LogP contribution in [-0.4, -0.2) is 15.8 Å². The van der Waals surface area contributed by atoms with Gasteiger partial charge in [0.05, 0.1) is 6.61 Å². The molecule has 1 saturated carbocycles. The van der Waals surface area contributed by atoms with Gasteiger partial charge in [0.1, 0.15) is 8.65 Å². The summed E-state index contributed by atoms with van der Waals surface area (Å²) in [5, 5.41) is 0. The lowest BCUT2D eigenvalue weighted by atomic mass is 9.96. The normalized spacial score (nSPS) is 26.2. The predicted octanol–water partition coefficient (Wildman–Crippen LogP) is 3.38. The van der Waals surface area contributed by atoms with Crippen molar-refractivity contribution in [3.05, 3.63) is 35.9 Å². The van der Waals surface area contributed by atoms with Crippen LogP contribution in [0.3, 0.4) is 0 Å². The maximum Gasteiger partial charge on any atom is 0.318 e. The molecule has 0 bridgehead atoms. The minimum Gasteiger partial charge on any atom is -0.465 e. The molecule has 1 aliphatic carbocycles. The lowest BCUT2D eigenvalue weighted by Crippen LogP contribution is -2.28. The van der Waals surface area contributed by atoms with E-state index in [2.05, 4.69) is 31.9 Å². The Morgan fingerprint density at radius 3 is 2.38 bits per heavy atom. The topological polar surface area (TPSA) is 26.3 Å². The van der Waals surface area contributed by atoms with Gasteiger partial charge in [-0.15, -0.1) is 0 Å². The third kappa shape index (κ3) is 1.72. The molecule has 2 rings (SSSR count). The molecule has 0 spiro atoms. The van der Waals surface area contributed by atoms with E-state index in [9.17, 15) is 4.79 Å². The molecule has 1 aliphatic rings. The van der Waals surface area contributed by atoms with E-state index >= 15 is 0 Å². The third-order valence-electron chi connectivity index (χ3n) is 2.88. The Morgan fingerprint density at radius 1 is 1.38 bits per heavy atom. The van der Waals surface area contributed by atoms with Crippen molar-refractivity contribution in [3.63, 3.8) is 0 Å². The van der Waals surface area contributed by atoms with E-state index in [-0.39, 0.29) is 9.20 Å². The summed E-state index contributed by atoms with van der Waals surface area (Å²) < 4.78 is 4.80. The van der Waals surface area contributed by atoms with Crippen LogP contribution in [0.1, 0.15) is 18.9 Å². The van der Waals surface area contributed by atoms with Crippen LogP contribution < -0.4 is 0 Å². The molecular weight excluding hydrogens is 336 g/mol. The van der Waals surface area contributed by atoms with Crippen molar-refractivity contribution in [2.24, 2.45) is 0 Å². The van der Waals surface area contributed by atoms with Crippen molar-refractivity contribution < 1.29 is 9.53 Å². The fraction of sp³-hybridized carbons (Fsp3) is 0.417. The molecule has 1 fully saturated rings. The molecule has 2 nitrogen and oxygen atoms in total. The highest BCUT2D eigenvalue weighted by molar-refractivity contribution is 9.25. The van der Waals surface area contributed by atoms with Gasteiger partial charge in [-0.05, 0) is 18.9 Å². The summed E-state index contributed by atoms with van der Waals surface area (Å²) in [5.74, 6) is -0.171. The zero-order valence-corrected chi connectivity index (χ0v) is 12.0. The molecule has 1 atom stereocenters. The van der Waals surface area contributed by atoms with Gasteiger partial charge in [-0.1, -0.05) is 62.2 Å². The number of alkyl halides is 2. The summed E-state index contributed by atoms with van der Waals surface area (Å²) in [6.07, 6.45) is 0.711. The predicted molar refractivity (Wildman–Crippen MR) is 70.0 cm³/mol. The van der Waals surface area contributed by atoms with E-state index in [1.165, 1.54) is 0 Å². The number of benzene rings is 1. The van der Waals surface area contributed by atoms with Crippen LogP contribution >= 0.6 is 31.9 Å². The van der Waals surface area contributed by atoms with E-state index in [1.807, 2.05) is 37.3 Å². The molecule has 0 heterocycles. The SMILES string of the molecule is CCOC(=O)[C@]1(c2ccccc2)CC1(Br)Br. The number of carbonyl (C=O) groups is 1. The van der Waals surface area contributed by atoms with Gasteiger partial charge in [0.25, 0.3) is 0 Å². The molecule has 4 heteroatoms. The first-order chi connectivity index (χ1) is 7.54. The zero-order chi connectivity index (χ0) is 11.8. The fourth-order valence-corrected chi connectivity index (χ4v) is 3.54. The van der Waals surface area contributed by atoms with Crippen LogP contribution in [0.15, 0.2) is 30.3 Å².